The Morgan fingerprint density at radius 1 is 1.11 bits per heavy atom. The summed E-state index contributed by atoms with van der Waals surface area (Å²) in [7, 11) is 2.11. The lowest BCUT2D eigenvalue weighted by Gasteiger charge is -2.31. The third-order valence-corrected chi connectivity index (χ3v) is 7.76. The maximum absolute atomic E-state index is 12.6. The Morgan fingerprint density at radius 2 is 1.89 bits per heavy atom. The molecular formula is C29H34N8O. The Balaban J connectivity index is 1.10. The quantitative estimate of drug-likeness (QED) is 0.425. The predicted molar refractivity (Wildman–Crippen MR) is 148 cm³/mol. The van der Waals surface area contributed by atoms with E-state index in [4.69, 9.17) is 10.1 Å². The summed E-state index contributed by atoms with van der Waals surface area (Å²) in [5, 5.41) is 11.0. The maximum Gasteiger partial charge on any atom is 0.238 e. The number of likely N-dealkylation sites (N-methyl/N-ethyl adjacent to an activating group) is 1. The smallest absolute Gasteiger partial charge is 0.238 e. The summed E-state index contributed by atoms with van der Waals surface area (Å²) in [6.07, 6.45) is 10.8. The predicted octanol–water partition coefficient (Wildman–Crippen LogP) is 3.63. The molecule has 3 heterocycles. The van der Waals surface area contributed by atoms with Gasteiger partial charge in [-0.3, -0.25) is 14.4 Å². The van der Waals surface area contributed by atoms with E-state index in [0.29, 0.717) is 24.5 Å². The van der Waals surface area contributed by atoms with Gasteiger partial charge in [-0.15, -0.1) is 0 Å². The van der Waals surface area contributed by atoms with Crippen LogP contribution in [0.3, 0.4) is 0 Å². The number of hydrogen-bond acceptors (Lipinski definition) is 7. The maximum atomic E-state index is 12.6. The molecule has 2 fully saturated rings. The minimum absolute atomic E-state index is 0.00512. The number of carbonyl (C=O) groups excluding carboxylic acids is 1. The van der Waals surface area contributed by atoms with Crippen LogP contribution < -0.4 is 10.6 Å². The lowest BCUT2D eigenvalue weighted by molar-refractivity contribution is -0.117. The molecule has 1 saturated carbocycles. The Morgan fingerprint density at radius 3 is 2.68 bits per heavy atom. The molecule has 1 saturated heterocycles. The molecule has 0 bridgehead atoms. The second-order valence-corrected chi connectivity index (χ2v) is 10.6. The number of nitrogens with one attached hydrogen (secondary N) is 2. The fourth-order valence-electron chi connectivity index (χ4n) is 5.59. The highest BCUT2D eigenvalue weighted by atomic mass is 16.2. The molecule has 3 aliphatic rings. The topological polar surface area (TPSA) is 91.2 Å². The van der Waals surface area contributed by atoms with E-state index in [0.717, 1.165) is 48.8 Å². The fourth-order valence-corrected chi connectivity index (χ4v) is 5.59. The molecule has 0 radical (unpaired) electrons. The molecule has 196 valence electrons. The number of anilines is 3. The molecule has 2 N–H and O–H groups in total. The molecular weight excluding hydrogens is 476 g/mol. The van der Waals surface area contributed by atoms with Crippen molar-refractivity contribution in [2.75, 3.05) is 50.4 Å². The first-order chi connectivity index (χ1) is 18.6. The van der Waals surface area contributed by atoms with Gasteiger partial charge in [0.05, 0.1) is 24.5 Å². The Bertz CT molecular complexity index is 1340. The van der Waals surface area contributed by atoms with E-state index in [1.54, 1.807) is 6.20 Å². The largest absolute Gasteiger partial charge is 0.325 e. The molecule has 9 heteroatoms. The van der Waals surface area contributed by atoms with Crippen molar-refractivity contribution >= 4 is 23.2 Å². The molecule has 2 aliphatic carbocycles. The minimum Gasteiger partial charge on any atom is -0.325 e. The summed E-state index contributed by atoms with van der Waals surface area (Å²) >= 11 is 0. The van der Waals surface area contributed by atoms with Gasteiger partial charge in [0.2, 0.25) is 11.9 Å². The molecule has 0 spiro atoms. The minimum atomic E-state index is -0.00512. The standard InChI is InChI=1S/C29H34N8O/c1-35-13-15-36(16-14-35)20-27(38)32-24-7-4-8-25(17-24)33-29-30-12-11-26(34-29)23-18-31-37(19-23)28(22-9-10-22)21-5-2-3-6-21/h4,7-8,11-12,17-19,21-22,28H,2-3,5-6,13-16,20H2,1H3,(H,32,38)(H,30,33,34). The SMILES string of the molecule is CN1CCN(CC(=O)Nc2cccc(Nc3nccc(-c4cnn(C(C5C#C5)C5CCCC5)c4)n3)c2)CC1. The molecule has 2 aromatic heterocycles. The van der Waals surface area contributed by atoms with Crippen molar-refractivity contribution in [2.45, 2.75) is 31.7 Å². The third kappa shape index (κ3) is 5.87. The van der Waals surface area contributed by atoms with Crippen molar-refractivity contribution in [3.8, 4) is 23.1 Å². The van der Waals surface area contributed by atoms with Gasteiger partial charge < -0.3 is 15.5 Å². The van der Waals surface area contributed by atoms with Gasteiger partial charge in [0.1, 0.15) is 5.92 Å². The van der Waals surface area contributed by atoms with E-state index in [9.17, 15) is 4.79 Å². The van der Waals surface area contributed by atoms with Gasteiger partial charge in [-0.1, -0.05) is 30.7 Å². The summed E-state index contributed by atoms with van der Waals surface area (Å²) < 4.78 is 2.09. The Kier molecular flexibility index (Phi) is 7.08. The van der Waals surface area contributed by atoms with Crippen LogP contribution in [0.1, 0.15) is 31.7 Å². The molecule has 9 nitrogen and oxygen atoms in total. The number of rotatable bonds is 9. The first-order valence-electron chi connectivity index (χ1n) is 13.6. The van der Waals surface area contributed by atoms with Crippen LogP contribution in [0.5, 0.6) is 0 Å². The second-order valence-electron chi connectivity index (χ2n) is 10.6. The molecule has 1 atom stereocenters. The zero-order valence-corrected chi connectivity index (χ0v) is 21.8. The first-order valence-corrected chi connectivity index (χ1v) is 13.6. The van der Waals surface area contributed by atoms with Gasteiger partial charge in [-0.05, 0) is 50.1 Å². The van der Waals surface area contributed by atoms with E-state index in [-0.39, 0.29) is 11.8 Å². The van der Waals surface area contributed by atoms with Crippen molar-refractivity contribution in [1.82, 2.24) is 29.5 Å². The van der Waals surface area contributed by atoms with Crippen LogP contribution in [0, 0.1) is 23.7 Å². The van der Waals surface area contributed by atoms with E-state index >= 15 is 0 Å². The van der Waals surface area contributed by atoms with E-state index in [1.807, 2.05) is 36.5 Å². The summed E-state index contributed by atoms with van der Waals surface area (Å²) in [5.74, 6) is 7.91. The average Bonchev–Trinajstić information content (AvgIpc) is 3.37. The van der Waals surface area contributed by atoms with Crippen LogP contribution in [0.2, 0.25) is 0 Å². The third-order valence-electron chi connectivity index (χ3n) is 7.76. The number of hydrogen-bond donors (Lipinski definition) is 2. The van der Waals surface area contributed by atoms with Gasteiger partial charge in [0.15, 0.2) is 0 Å². The van der Waals surface area contributed by atoms with Crippen LogP contribution in [0.15, 0.2) is 48.9 Å². The molecule has 3 aromatic rings. The average molecular weight is 511 g/mol. The first kappa shape index (κ1) is 24.6. The molecule has 1 unspecified atom stereocenters. The van der Waals surface area contributed by atoms with Gasteiger partial charge in [-0.2, -0.15) is 5.10 Å². The van der Waals surface area contributed by atoms with Crippen LogP contribution >= 0.6 is 0 Å². The summed E-state index contributed by atoms with van der Waals surface area (Å²) in [6.45, 7) is 4.20. The van der Waals surface area contributed by atoms with Crippen molar-refractivity contribution < 1.29 is 4.79 Å². The molecule has 1 amide bonds. The molecule has 1 aromatic carbocycles. The number of piperazine rings is 1. The monoisotopic (exact) mass is 510 g/mol. The van der Waals surface area contributed by atoms with Crippen molar-refractivity contribution in [3.63, 3.8) is 0 Å². The van der Waals surface area contributed by atoms with Crippen LogP contribution in [0.25, 0.3) is 11.3 Å². The summed E-state index contributed by atoms with van der Waals surface area (Å²) in [5.41, 5.74) is 3.32. The van der Waals surface area contributed by atoms with Crippen LogP contribution in [-0.2, 0) is 4.79 Å². The number of amides is 1. The van der Waals surface area contributed by atoms with Crippen molar-refractivity contribution in [3.05, 3.63) is 48.9 Å². The number of nitrogens with zero attached hydrogens (tertiary/aromatic N) is 6. The van der Waals surface area contributed by atoms with Crippen molar-refractivity contribution in [1.29, 1.82) is 0 Å². The van der Waals surface area contributed by atoms with Crippen LogP contribution in [-0.4, -0.2) is 75.2 Å². The van der Waals surface area contributed by atoms with Gasteiger partial charge >= 0.3 is 0 Å². The summed E-state index contributed by atoms with van der Waals surface area (Å²) in [6, 6.07) is 9.84. The zero-order valence-electron chi connectivity index (χ0n) is 21.8. The lowest BCUT2D eigenvalue weighted by atomic mass is 9.93. The Labute approximate surface area is 223 Å². The Hall–Kier alpha value is -3.74. The van der Waals surface area contributed by atoms with Crippen molar-refractivity contribution in [2.24, 2.45) is 11.8 Å². The van der Waals surface area contributed by atoms with E-state index < -0.39 is 0 Å². The van der Waals surface area contributed by atoms with Gasteiger partial charge in [0.25, 0.3) is 0 Å². The van der Waals surface area contributed by atoms with Crippen LogP contribution in [0.4, 0.5) is 17.3 Å². The lowest BCUT2D eigenvalue weighted by Crippen LogP contribution is -2.47. The second kappa shape index (κ2) is 10.9. The highest BCUT2D eigenvalue weighted by molar-refractivity contribution is 5.92. The van der Waals surface area contributed by atoms with Gasteiger partial charge in [0, 0.05) is 55.5 Å². The molecule has 1 aliphatic heterocycles. The zero-order chi connectivity index (χ0) is 25.9. The van der Waals surface area contributed by atoms with Gasteiger partial charge in [-0.25, -0.2) is 9.97 Å². The van der Waals surface area contributed by atoms with E-state index in [1.165, 1.54) is 25.7 Å². The highest BCUT2D eigenvalue weighted by Gasteiger charge is 2.35. The number of benzene rings is 1. The van der Waals surface area contributed by atoms with E-state index in [2.05, 4.69) is 55.2 Å². The molecule has 6 rings (SSSR count). The normalized spacial score (nSPS) is 19.1. The summed E-state index contributed by atoms with van der Waals surface area (Å²) in [4.78, 5) is 26.2. The number of aromatic nitrogens is 4. The molecule has 38 heavy (non-hydrogen) atoms. The fraction of sp³-hybridized carbons (Fsp3) is 0.448. The number of carbonyl (C=O) groups is 1. The highest BCUT2D eigenvalue weighted by Crippen LogP contribution is 2.40.